The van der Waals surface area contributed by atoms with Gasteiger partial charge in [-0.2, -0.15) is 0 Å². The minimum Gasteiger partial charge on any atom is -0.321 e. The highest BCUT2D eigenvalue weighted by Crippen LogP contribution is 2.17. The summed E-state index contributed by atoms with van der Waals surface area (Å²) in [5.74, 6) is 0. The lowest BCUT2D eigenvalue weighted by Gasteiger charge is -2.20. The monoisotopic (exact) mass is 221 g/mol. The molecule has 0 aliphatic heterocycles. The fourth-order valence-corrected chi connectivity index (χ4v) is 2.24. The third kappa shape index (κ3) is 4.06. The van der Waals surface area contributed by atoms with E-state index in [-0.39, 0.29) is 0 Å². The highest BCUT2D eigenvalue weighted by atomic mass is 28.2. The highest BCUT2D eigenvalue weighted by Gasteiger charge is 2.03. The smallest absolute Gasteiger partial charge is 0.272 e. The number of rotatable bonds is 6. The first-order valence-electron chi connectivity index (χ1n) is 5.45. The van der Waals surface area contributed by atoms with E-state index in [1.807, 2.05) is 24.2 Å². The van der Waals surface area contributed by atoms with Gasteiger partial charge in [0, 0.05) is 7.05 Å². The van der Waals surface area contributed by atoms with Gasteiger partial charge in [-0.15, -0.1) is 0 Å². The molecule has 0 saturated heterocycles. The lowest BCUT2D eigenvalue weighted by Crippen LogP contribution is -2.20. The quantitative estimate of drug-likeness (QED) is 0.415. The van der Waals surface area contributed by atoms with Gasteiger partial charge in [0.05, 0.1) is 5.69 Å². The predicted octanol–water partition coefficient (Wildman–Crippen LogP) is 3.20. The second-order valence-corrected chi connectivity index (χ2v) is 4.59. The Hall–Kier alpha value is -0.803. The van der Waals surface area contributed by atoms with E-state index in [9.17, 15) is 0 Å². The van der Waals surface area contributed by atoms with Crippen molar-refractivity contribution in [3.63, 3.8) is 0 Å². The first-order chi connectivity index (χ1) is 7.25. The van der Waals surface area contributed by atoms with Crippen molar-refractivity contribution in [2.45, 2.75) is 32.7 Å². The van der Waals surface area contributed by atoms with Crippen LogP contribution in [0.1, 0.15) is 25.3 Å². The summed E-state index contributed by atoms with van der Waals surface area (Å²) >= 11 is 0. The zero-order valence-electron chi connectivity index (χ0n) is 9.79. The maximum Gasteiger partial charge on any atom is 0.272 e. The molecular formula is C12H19NOSi. The maximum absolute atomic E-state index is 5.67. The molecular weight excluding hydrogens is 202 g/mol. The molecule has 1 aromatic rings. The summed E-state index contributed by atoms with van der Waals surface area (Å²) in [5, 5.41) is 1.88. The number of benzene rings is 1. The third-order valence-corrected chi connectivity index (χ3v) is 3.25. The van der Waals surface area contributed by atoms with E-state index in [1.165, 1.54) is 18.4 Å². The van der Waals surface area contributed by atoms with Crippen molar-refractivity contribution in [3.05, 3.63) is 29.8 Å². The molecule has 0 amide bonds. The Labute approximate surface area is 95.1 Å². The number of unbranched alkanes of at least 4 members (excludes halogenated alkanes) is 1. The van der Waals surface area contributed by atoms with Crippen molar-refractivity contribution in [3.8, 4) is 0 Å². The lowest BCUT2D eigenvalue weighted by molar-refractivity contribution is 0.319. The van der Waals surface area contributed by atoms with E-state index in [4.69, 9.17) is 4.53 Å². The van der Waals surface area contributed by atoms with Crippen molar-refractivity contribution in [1.82, 2.24) is 0 Å². The molecule has 0 aliphatic rings. The van der Waals surface area contributed by atoms with Gasteiger partial charge >= 0.3 is 0 Å². The van der Waals surface area contributed by atoms with Crippen molar-refractivity contribution in [2.75, 3.05) is 12.1 Å². The normalized spacial score (nSPS) is 10.3. The Morgan fingerprint density at radius 2 is 2.07 bits per heavy atom. The summed E-state index contributed by atoms with van der Waals surface area (Å²) in [7, 11) is 2.54. The fourth-order valence-electron chi connectivity index (χ4n) is 1.36. The number of hydrogen-bond donors (Lipinski definition) is 0. The Morgan fingerprint density at radius 3 is 2.73 bits per heavy atom. The number of hydrogen-bond acceptors (Lipinski definition) is 2. The summed E-state index contributed by atoms with van der Waals surface area (Å²) in [4.78, 5) is 0. The van der Waals surface area contributed by atoms with Crippen molar-refractivity contribution in [2.24, 2.45) is 0 Å². The van der Waals surface area contributed by atoms with Crippen LogP contribution in [0.3, 0.4) is 0 Å². The van der Waals surface area contributed by atoms with Crippen LogP contribution in [-0.4, -0.2) is 16.8 Å². The lowest BCUT2D eigenvalue weighted by atomic mass is 10.2. The Bertz CT molecular complexity index is 291. The summed E-state index contributed by atoms with van der Waals surface area (Å²) in [6.07, 6.45) is 2.49. The SMILES string of the molecule is CCCC[Si]ON(C)c1ccccc1C. The first kappa shape index (κ1) is 12.3. The zero-order valence-corrected chi connectivity index (χ0v) is 10.8. The average Bonchev–Trinajstić information content (AvgIpc) is 2.25. The van der Waals surface area contributed by atoms with Crippen LogP contribution in [0.5, 0.6) is 0 Å². The third-order valence-electron chi connectivity index (χ3n) is 2.29. The average molecular weight is 221 g/mol. The van der Waals surface area contributed by atoms with Gasteiger partial charge in [0.1, 0.15) is 0 Å². The first-order valence-corrected chi connectivity index (χ1v) is 6.56. The minimum absolute atomic E-state index is 0.567. The van der Waals surface area contributed by atoms with Crippen molar-refractivity contribution < 1.29 is 4.53 Å². The number of para-hydroxylation sites is 1. The molecule has 15 heavy (non-hydrogen) atoms. The molecule has 1 aromatic carbocycles. The standard InChI is InChI=1S/C12H19NOSi/c1-4-5-10-15-14-13(3)12-9-7-6-8-11(12)2/h6-9H,4-5,10H2,1-3H3. The van der Waals surface area contributed by atoms with Crippen molar-refractivity contribution >= 4 is 15.5 Å². The van der Waals surface area contributed by atoms with E-state index >= 15 is 0 Å². The molecule has 0 fully saturated rings. The molecule has 1 rings (SSSR count). The van der Waals surface area contributed by atoms with Crippen LogP contribution in [-0.2, 0) is 4.53 Å². The van der Waals surface area contributed by atoms with Gasteiger partial charge in [0.25, 0.3) is 9.76 Å². The van der Waals surface area contributed by atoms with Crippen LogP contribution in [0.15, 0.2) is 24.3 Å². The predicted molar refractivity (Wildman–Crippen MR) is 66.1 cm³/mol. The topological polar surface area (TPSA) is 12.5 Å². The van der Waals surface area contributed by atoms with Gasteiger partial charge in [-0.25, -0.2) is 0 Å². The van der Waals surface area contributed by atoms with Crippen LogP contribution in [0, 0.1) is 6.92 Å². The van der Waals surface area contributed by atoms with Crippen LogP contribution < -0.4 is 5.06 Å². The molecule has 2 radical (unpaired) electrons. The summed E-state index contributed by atoms with van der Waals surface area (Å²) in [6.45, 7) is 4.31. The van der Waals surface area contributed by atoms with E-state index < -0.39 is 0 Å². The molecule has 3 heteroatoms. The molecule has 0 saturated carbocycles. The molecule has 0 atom stereocenters. The minimum atomic E-state index is 0.567. The van der Waals surface area contributed by atoms with E-state index in [0.29, 0.717) is 9.76 Å². The Kier molecular flexibility index (Phi) is 5.43. The van der Waals surface area contributed by atoms with E-state index in [0.717, 1.165) is 11.7 Å². The molecule has 2 nitrogen and oxygen atoms in total. The van der Waals surface area contributed by atoms with E-state index in [2.05, 4.69) is 26.0 Å². The van der Waals surface area contributed by atoms with Crippen LogP contribution in [0.25, 0.3) is 0 Å². The van der Waals surface area contributed by atoms with E-state index in [1.54, 1.807) is 0 Å². The Balaban J connectivity index is 2.40. The van der Waals surface area contributed by atoms with Gasteiger partial charge < -0.3 is 4.53 Å². The van der Waals surface area contributed by atoms with Crippen molar-refractivity contribution in [1.29, 1.82) is 0 Å². The molecule has 0 unspecified atom stereocenters. The number of aryl methyl sites for hydroxylation is 1. The second-order valence-electron chi connectivity index (χ2n) is 3.62. The molecule has 0 bridgehead atoms. The maximum atomic E-state index is 5.67. The summed E-state index contributed by atoms with van der Waals surface area (Å²) in [6, 6.07) is 9.43. The van der Waals surface area contributed by atoms with Crippen LogP contribution in [0.4, 0.5) is 5.69 Å². The zero-order chi connectivity index (χ0) is 11.1. The molecule has 0 N–H and O–H groups in total. The highest BCUT2D eigenvalue weighted by molar-refractivity contribution is 6.27. The van der Waals surface area contributed by atoms with Gasteiger partial charge in [0.15, 0.2) is 0 Å². The number of nitrogens with zero attached hydrogens (tertiary/aromatic N) is 1. The van der Waals surface area contributed by atoms with Gasteiger partial charge in [0.2, 0.25) is 0 Å². The van der Waals surface area contributed by atoms with Gasteiger partial charge in [-0.3, -0.25) is 5.06 Å². The molecule has 0 heterocycles. The largest absolute Gasteiger partial charge is 0.321 e. The Morgan fingerprint density at radius 1 is 1.33 bits per heavy atom. The fraction of sp³-hybridized carbons (Fsp3) is 0.500. The molecule has 0 aromatic heterocycles. The van der Waals surface area contributed by atoms with Crippen LogP contribution >= 0.6 is 0 Å². The number of anilines is 1. The molecule has 0 spiro atoms. The summed E-state index contributed by atoms with van der Waals surface area (Å²) in [5.41, 5.74) is 2.40. The number of hydroxylamine groups is 1. The second kappa shape index (κ2) is 6.64. The van der Waals surface area contributed by atoms with Crippen LogP contribution in [0.2, 0.25) is 6.04 Å². The van der Waals surface area contributed by atoms with Gasteiger partial charge in [-0.05, 0) is 24.6 Å². The summed E-state index contributed by atoms with van der Waals surface area (Å²) < 4.78 is 5.67. The van der Waals surface area contributed by atoms with Gasteiger partial charge in [-0.1, -0.05) is 38.0 Å². The molecule has 82 valence electrons. The molecule has 0 aliphatic carbocycles.